The van der Waals surface area contributed by atoms with Gasteiger partial charge in [0.15, 0.2) is 5.82 Å². The Morgan fingerprint density at radius 3 is 2.86 bits per heavy atom. The number of nitrogens with zero attached hydrogens (tertiary/aromatic N) is 1. The Kier molecular flexibility index (Phi) is 2.80. The quantitative estimate of drug-likeness (QED) is 0.753. The maximum absolute atomic E-state index is 12.6. The largest absolute Gasteiger partial charge is 0.360 e. The molecular formula is C7H9F2N3O2. The van der Waals surface area contributed by atoms with Gasteiger partial charge in [-0.3, -0.25) is 4.79 Å². The number of halogens is 2. The molecule has 5 nitrogen and oxygen atoms in total. The number of alkyl halides is 2. The van der Waals surface area contributed by atoms with Gasteiger partial charge in [0, 0.05) is 6.07 Å². The van der Waals surface area contributed by atoms with Crippen LogP contribution in [0.4, 0.5) is 14.6 Å². The summed E-state index contributed by atoms with van der Waals surface area (Å²) in [6.07, 6.45) is 0. The average Bonchev–Trinajstić information content (AvgIpc) is 2.51. The molecule has 7 heteroatoms. The molecule has 1 heterocycles. The molecule has 0 saturated carbocycles. The molecule has 0 unspecified atom stereocenters. The van der Waals surface area contributed by atoms with Crippen LogP contribution in [-0.2, 0) is 4.79 Å². The number of carbonyl (C=O) groups excluding carboxylic acids is 1. The molecule has 0 radical (unpaired) electrons. The zero-order chi connectivity index (χ0) is 10.8. The summed E-state index contributed by atoms with van der Waals surface area (Å²) in [5, 5.41) is 5.20. The highest BCUT2D eigenvalue weighted by Gasteiger charge is 2.37. The minimum atomic E-state index is -3.59. The van der Waals surface area contributed by atoms with Crippen LogP contribution in [0.15, 0.2) is 10.6 Å². The first-order chi connectivity index (χ1) is 6.45. The number of nitrogens with one attached hydrogen (secondary N) is 1. The molecule has 3 N–H and O–H groups in total. The van der Waals surface area contributed by atoms with Gasteiger partial charge in [0.2, 0.25) is 0 Å². The van der Waals surface area contributed by atoms with Crippen molar-refractivity contribution in [1.82, 2.24) is 5.16 Å². The van der Waals surface area contributed by atoms with Gasteiger partial charge >= 0.3 is 5.92 Å². The fraction of sp³-hybridized carbons (Fsp3) is 0.429. The number of rotatable bonds is 3. The zero-order valence-electron chi connectivity index (χ0n) is 7.38. The first-order valence-electron chi connectivity index (χ1n) is 3.78. The van der Waals surface area contributed by atoms with E-state index in [-0.39, 0.29) is 5.82 Å². The van der Waals surface area contributed by atoms with E-state index in [0.717, 1.165) is 0 Å². The number of aromatic nitrogens is 1. The van der Waals surface area contributed by atoms with E-state index in [9.17, 15) is 13.6 Å². The van der Waals surface area contributed by atoms with Crippen LogP contribution >= 0.6 is 0 Å². The Hall–Kier alpha value is -1.50. The molecule has 14 heavy (non-hydrogen) atoms. The van der Waals surface area contributed by atoms with Crippen LogP contribution in [0.5, 0.6) is 0 Å². The van der Waals surface area contributed by atoms with Crippen molar-refractivity contribution in [1.29, 1.82) is 0 Å². The zero-order valence-corrected chi connectivity index (χ0v) is 7.38. The maximum Gasteiger partial charge on any atom is 0.336 e. The molecular weight excluding hydrogens is 196 g/mol. The summed E-state index contributed by atoms with van der Waals surface area (Å²) in [6, 6.07) is 1.32. The normalized spacial score (nSPS) is 11.4. The number of hydrogen-bond donors (Lipinski definition) is 2. The monoisotopic (exact) mass is 205 g/mol. The number of anilines is 1. The van der Waals surface area contributed by atoms with Gasteiger partial charge in [-0.1, -0.05) is 5.16 Å². The van der Waals surface area contributed by atoms with Gasteiger partial charge in [-0.15, -0.1) is 0 Å². The summed E-state index contributed by atoms with van der Waals surface area (Å²) in [7, 11) is 0. The molecule has 0 saturated heterocycles. The standard InChI is InChI=1S/C7H9F2N3O2/c1-4-2-5(12-14-4)11-6(13)7(8,9)3-10/h2H,3,10H2,1H3,(H,11,12,13). The number of hydrogen-bond acceptors (Lipinski definition) is 4. The fourth-order valence-electron chi connectivity index (χ4n) is 0.726. The van der Waals surface area contributed by atoms with Crippen LogP contribution in [0.2, 0.25) is 0 Å². The molecule has 0 aliphatic heterocycles. The van der Waals surface area contributed by atoms with Gasteiger partial charge < -0.3 is 15.6 Å². The highest BCUT2D eigenvalue weighted by atomic mass is 19.3. The molecule has 0 atom stereocenters. The lowest BCUT2D eigenvalue weighted by atomic mass is 10.3. The summed E-state index contributed by atoms with van der Waals surface area (Å²) in [5.74, 6) is -4.72. The third-order valence-corrected chi connectivity index (χ3v) is 1.46. The average molecular weight is 205 g/mol. The summed E-state index contributed by atoms with van der Waals surface area (Å²) in [4.78, 5) is 10.9. The van der Waals surface area contributed by atoms with E-state index < -0.39 is 18.4 Å². The van der Waals surface area contributed by atoms with Crippen LogP contribution in [0.25, 0.3) is 0 Å². The van der Waals surface area contributed by atoms with E-state index in [4.69, 9.17) is 5.73 Å². The Bertz CT molecular complexity index is 337. The summed E-state index contributed by atoms with van der Waals surface area (Å²) in [6.45, 7) is 0.527. The van der Waals surface area contributed by atoms with E-state index in [1.54, 1.807) is 6.92 Å². The van der Waals surface area contributed by atoms with E-state index in [1.165, 1.54) is 6.07 Å². The highest BCUT2D eigenvalue weighted by molar-refractivity contribution is 5.95. The third-order valence-electron chi connectivity index (χ3n) is 1.46. The van der Waals surface area contributed by atoms with E-state index >= 15 is 0 Å². The topological polar surface area (TPSA) is 81.2 Å². The van der Waals surface area contributed by atoms with Crippen molar-refractivity contribution in [3.05, 3.63) is 11.8 Å². The minimum absolute atomic E-state index is 0.0550. The van der Waals surface area contributed by atoms with Crippen LogP contribution in [0.1, 0.15) is 5.76 Å². The molecule has 0 aromatic carbocycles. The van der Waals surface area contributed by atoms with Crippen LogP contribution in [0, 0.1) is 6.92 Å². The molecule has 1 aromatic rings. The fourth-order valence-corrected chi connectivity index (χ4v) is 0.726. The second kappa shape index (κ2) is 3.70. The second-order valence-corrected chi connectivity index (χ2v) is 2.69. The van der Waals surface area contributed by atoms with Crippen LogP contribution < -0.4 is 11.1 Å². The Morgan fingerprint density at radius 1 is 1.79 bits per heavy atom. The van der Waals surface area contributed by atoms with Crippen molar-refractivity contribution in [2.24, 2.45) is 5.73 Å². The summed E-state index contributed by atoms with van der Waals surface area (Å²) in [5.41, 5.74) is 4.71. The van der Waals surface area contributed by atoms with E-state index in [2.05, 4.69) is 9.68 Å². The van der Waals surface area contributed by atoms with Crippen molar-refractivity contribution >= 4 is 11.7 Å². The van der Waals surface area contributed by atoms with Crippen molar-refractivity contribution in [3.63, 3.8) is 0 Å². The Morgan fingerprint density at radius 2 is 2.43 bits per heavy atom. The number of carbonyl (C=O) groups is 1. The number of aryl methyl sites for hydroxylation is 1. The van der Waals surface area contributed by atoms with Gasteiger partial charge in [-0.25, -0.2) is 0 Å². The van der Waals surface area contributed by atoms with Gasteiger partial charge in [-0.2, -0.15) is 8.78 Å². The first kappa shape index (κ1) is 10.6. The number of nitrogens with two attached hydrogens (primary N) is 1. The third kappa shape index (κ3) is 2.25. The molecule has 1 aromatic heterocycles. The predicted molar refractivity (Wildman–Crippen MR) is 43.9 cm³/mol. The minimum Gasteiger partial charge on any atom is -0.360 e. The lowest BCUT2D eigenvalue weighted by Gasteiger charge is -2.11. The first-order valence-corrected chi connectivity index (χ1v) is 3.78. The summed E-state index contributed by atoms with van der Waals surface area (Å²) < 4.78 is 29.9. The lowest BCUT2D eigenvalue weighted by Crippen LogP contribution is -2.41. The smallest absolute Gasteiger partial charge is 0.336 e. The lowest BCUT2D eigenvalue weighted by molar-refractivity contribution is -0.138. The van der Waals surface area contributed by atoms with Crippen LogP contribution in [0.3, 0.4) is 0 Å². The molecule has 1 amide bonds. The van der Waals surface area contributed by atoms with Crippen molar-refractivity contribution in [2.75, 3.05) is 11.9 Å². The molecule has 0 fully saturated rings. The molecule has 0 aliphatic carbocycles. The van der Waals surface area contributed by atoms with Gasteiger partial charge in [0.05, 0.1) is 6.54 Å². The van der Waals surface area contributed by atoms with E-state index in [1.807, 2.05) is 5.32 Å². The van der Waals surface area contributed by atoms with Gasteiger partial charge in [0.25, 0.3) is 5.91 Å². The molecule has 0 aliphatic rings. The second-order valence-electron chi connectivity index (χ2n) is 2.69. The molecule has 0 spiro atoms. The summed E-state index contributed by atoms with van der Waals surface area (Å²) >= 11 is 0. The molecule has 78 valence electrons. The Labute approximate surface area is 78.2 Å². The number of amides is 1. The van der Waals surface area contributed by atoms with Gasteiger partial charge in [-0.05, 0) is 6.92 Å². The van der Waals surface area contributed by atoms with Crippen molar-refractivity contribution in [3.8, 4) is 0 Å². The SMILES string of the molecule is Cc1cc(NC(=O)C(F)(F)CN)no1. The predicted octanol–water partition coefficient (Wildman–Crippen LogP) is 0.516. The molecule has 1 rings (SSSR count). The highest BCUT2D eigenvalue weighted by Crippen LogP contribution is 2.15. The Balaban J connectivity index is 2.66. The van der Waals surface area contributed by atoms with E-state index in [0.29, 0.717) is 5.76 Å². The maximum atomic E-state index is 12.6. The van der Waals surface area contributed by atoms with Crippen LogP contribution in [-0.4, -0.2) is 23.5 Å². The van der Waals surface area contributed by atoms with Gasteiger partial charge in [0.1, 0.15) is 5.76 Å². The van der Waals surface area contributed by atoms with Crippen molar-refractivity contribution in [2.45, 2.75) is 12.8 Å². The van der Waals surface area contributed by atoms with Crippen molar-refractivity contribution < 1.29 is 18.1 Å². The molecule has 0 bridgehead atoms.